The molecule has 102 valence electrons. The fourth-order valence-corrected chi connectivity index (χ4v) is 1.71. The summed E-state index contributed by atoms with van der Waals surface area (Å²) in [6.45, 7) is 9.64. The Bertz CT molecular complexity index is 217. The molecule has 0 spiro atoms. The maximum Gasteiger partial charge on any atom is 0.239 e. The highest BCUT2D eigenvalue weighted by Gasteiger charge is 2.22. The number of rotatable bonds is 8. The molecular weight excluding hydrogens is 216 g/mol. The predicted molar refractivity (Wildman–Crippen MR) is 71.0 cm³/mol. The number of nitrogens with one attached hydrogen (secondary N) is 1. The minimum atomic E-state index is -0.111. The standard InChI is InChI=1S/C13H28N2O2/c1-7-17-9-11(4)14-12(8-10(2)3)13(16)15(5)6/h10-12,14H,7-9H2,1-6H3. The summed E-state index contributed by atoms with van der Waals surface area (Å²) in [5.74, 6) is 0.637. The summed E-state index contributed by atoms with van der Waals surface area (Å²) in [7, 11) is 3.59. The highest BCUT2D eigenvalue weighted by Crippen LogP contribution is 2.07. The van der Waals surface area contributed by atoms with Crippen LogP contribution in [0.25, 0.3) is 0 Å². The highest BCUT2D eigenvalue weighted by atomic mass is 16.5. The Kier molecular flexibility index (Phi) is 8.17. The third-order valence-corrected chi connectivity index (χ3v) is 2.50. The number of hydrogen-bond acceptors (Lipinski definition) is 3. The Labute approximate surface area is 106 Å². The lowest BCUT2D eigenvalue weighted by Gasteiger charge is -2.26. The molecule has 4 heteroatoms. The van der Waals surface area contributed by atoms with Gasteiger partial charge >= 0.3 is 0 Å². The summed E-state index contributed by atoms with van der Waals surface area (Å²) >= 11 is 0. The van der Waals surface area contributed by atoms with Crippen molar-refractivity contribution in [3.05, 3.63) is 0 Å². The molecule has 0 aromatic rings. The van der Waals surface area contributed by atoms with E-state index in [1.165, 1.54) is 0 Å². The van der Waals surface area contributed by atoms with Crippen molar-refractivity contribution in [2.45, 2.75) is 46.2 Å². The average molecular weight is 244 g/mol. The molecule has 1 amide bonds. The summed E-state index contributed by atoms with van der Waals surface area (Å²) < 4.78 is 5.35. The molecular formula is C13H28N2O2. The van der Waals surface area contributed by atoms with Crippen molar-refractivity contribution in [1.82, 2.24) is 10.2 Å². The van der Waals surface area contributed by atoms with E-state index < -0.39 is 0 Å². The molecule has 2 unspecified atom stereocenters. The van der Waals surface area contributed by atoms with Crippen molar-refractivity contribution in [1.29, 1.82) is 0 Å². The van der Waals surface area contributed by atoms with E-state index in [4.69, 9.17) is 4.74 Å². The third-order valence-electron chi connectivity index (χ3n) is 2.50. The summed E-state index contributed by atoms with van der Waals surface area (Å²) in [5.41, 5.74) is 0. The molecule has 1 N–H and O–H groups in total. The van der Waals surface area contributed by atoms with Gasteiger partial charge in [-0.3, -0.25) is 4.79 Å². The van der Waals surface area contributed by atoms with Crippen molar-refractivity contribution >= 4 is 5.91 Å². The van der Waals surface area contributed by atoms with Gasteiger partial charge in [-0.2, -0.15) is 0 Å². The van der Waals surface area contributed by atoms with Crippen LogP contribution in [0.2, 0.25) is 0 Å². The molecule has 0 aliphatic rings. The van der Waals surface area contributed by atoms with Gasteiger partial charge in [-0.1, -0.05) is 13.8 Å². The van der Waals surface area contributed by atoms with Gasteiger partial charge in [-0.05, 0) is 26.2 Å². The molecule has 0 bridgehead atoms. The van der Waals surface area contributed by atoms with Crippen LogP contribution in [0.15, 0.2) is 0 Å². The average Bonchev–Trinajstić information content (AvgIpc) is 2.23. The van der Waals surface area contributed by atoms with Crippen LogP contribution in [-0.4, -0.2) is 50.2 Å². The van der Waals surface area contributed by atoms with Crippen LogP contribution in [-0.2, 0) is 9.53 Å². The number of ether oxygens (including phenoxy) is 1. The first kappa shape index (κ1) is 16.4. The van der Waals surface area contributed by atoms with E-state index in [2.05, 4.69) is 19.2 Å². The largest absolute Gasteiger partial charge is 0.380 e. The topological polar surface area (TPSA) is 41.6 Å². The third kappa shape index (κ3) is 7.34. The summed E-state index contributed by atoms with van der Waals surface area (Å²) in [6, 6.07) is 0.0862. The number of likely N-dealkylation sites (N-methyl/N-ethyl adjacent to an activating group) is 1. The van der Waals surface area contributed by atoms with Gasteiger partial charge in [0.2, 0.25) is 5.91 Å². The van der Waals surface area contributed by atoms with Gasteiger partial charge in [0.1, 0.15) is 0 Å². The number of amides is 1. The Hall–Kier alpha value is -0.610. The quantitative estimate of drug-likeness (QED) is 0.703. The molecule has 2 atom stereocenters. The van der Waals surface area contributed by atoms with Crippen LogP contribution >= 0.6 is 0 Å². The molecule has 0 fully saturated rings. The van der Waals surface area contributed by atoms with Crippen molar-refractivity contribution in [2.24, 2.45) is 5.92 Å². The fourth-order valence-electron chi connectivity index (χ4n) is 1.71. The van der Waals surface area contributed by atoms with Gasteiger partial charge in [0.05, 0.1) is 12.6 Å². The minimum Gasteiger partial charge on any atom is -0.380 e. The van der Waals surface area contributed by atoms with E-state index in [0.29, 0.717) is 19.1 Å². The monoisotopic (exact) mass is 244 g/mol. The summed E-state index contributed by atoms with van der Waals surface area (Å²) in [6.07, 6.45) is 0.855. The van der Waals surface area contributed by atoms with Gasteiger partial charge in [0.15, 0.2) is 0 Å². The predicted octanol–water partition coefficient (Wildman–Crippen LogP) is 1.50. The maximum absolute atomic E-state index is 12.0. The first-order chi connectivity index (χ1) is 7.88. The Morgan fingerprint density at radius 1 is 1.29 bits per heavy atom. The van der Waals surface area contributed by atoms with Crippen LogP contribution < -0.4 is 5.32 Å². The lowest BCUT2D eigenvalue weighted by atomic mass is 10.0. The second-order valence-electron chi connectivity index (χ2n) is 5.14. The lowest BCUT2D eigenvalue weighted by Crippen LogP contribution is -2.49. The van der Waals surface area contributed by atoms with Gasteiger partial charge in [-0.15, -0.1) is 0 Å². The summed E-state index contributed by atoms with van der Waals surface area (Å²) in [4.78, 5) is 13.7. The Morgan fingerprint density at radius 2 is 1.88 bits per heavy atom. The molecule has 0 rings (SSSR count). The van der Waals surface area contributed by atoms with Crippen LogP contribution in [0.1, 0.15) is 34.1 Å². The van der Waals surface area contributed by atoms with E-state index in [1.54, 1.807) is 19.0 Å². The maximum atomic E-state index is 12.0. The van der Waals surface area contributed by atoms with Crippen molar-refractivity contribution < 1.29 is 9.53 Å². The molecule has 0 aliphatic heterocycles. The molecule has 0 saturated heterocycles. The smallest absolute Gasteiger partial charge is 0.239 e. The molecule has 0 aromatic carbocycles. The van der Waals surface area contributed by atoms with Gasteiger partial charge in [0, 0.05) is 26.7 Å². The van der Waals surface area contributed by atoms with Crippen molar-refractivity contribution in [3.8, 4) is 0 Å². The van der Waals surface area contributed by atoms with Crippen LogP contribution in [0.3, 0.4) is 0 Å². The molecule has 0 radical (unpaired) electrons. The molecule has 0 saturated carbocycles. The second kappa shape index (κ2) is 8.48. The lowest BCUT2D eigenvalue weighted by molar-refractivity contribution is -0.131. The zero-order chi connectivity index (χ0) is 13.4. The van der Waals surface area contributed by atoms with E-state index >= 15 is 0 Å². The minimum absolute atomic E-state index is 0.111. The zero-order valence-electron chi connectivity index (χ0n) is 12.1. The molecule has 17 heavy (non-hydrogen) atoms. The first-order valence-corrected chi connectivity index (χ1v) is 6.43. The van der Waals surface area contributed by atoms with Gasteiger partial charge in [-0.25, -0.2) is 0 Å². The Morgan fingerprint density at radius 3 is 2.29 bits per heavy atom. The number of nitrogens with zero attached hydrogens (tertiary/aromatic N) is 1. The van der Waals surface area contributed by atoms with E-state index in [1.807, 2.05) is 13.8 Å². The normalized spacial score (nSPS) is 14.8. The fraction of sp³-hybridized carbons (Fsp3) is 0.923. The molecule has 0 heterocycles. The van der Waals surface area contributed by atoms with E-state index in [9.17, 15) is 4.79 Å². The molecule has 0 aromatic heterocycles. The van der Waals surface area contributed by atoms with Crippen molar-refractivity contribution in [2.75, 3.05) is 27.3 Å². The number of carbonyl (C=O) groups excluding carboxylic acids is 1. The molecule has 4 nitrogen and oxygen atoms in total. The van der Waals surface area contributed by atoms with E-state index in [-0.39, 0.29) is 18.0 Å². The van der Waals surface area contributed by atoms with E-state index in [0.717, 1.165) is 6.42 Å². The summed E-state index contributed by atoms with van der Waals surface area (Å²) in [5, 5.41) is 3.35. The van der Waals surface area contributed by atoms with Crippen LogP contribution in [0, 0.1) is 5.92 Å². The van der Waals surface area contributed by atoms with Crippen molar-refractivity contribution in [3.63, 3.8) is 0 Å². The Balaban J connectivity index is 4.32. The SMILES string of the molecule is CCOCC(C)NC(CC(C)C)C(=O)N(C)C. The van der Waals surface area contributed by atoms with Gasteiger partial charge in [0.25, 0.3) is 0 Å². The first-order valence-electron chi connectivity index (χ1n) is 6.43. The highest BCUT2D eigenvalue weighted by molar-refractivity contribution is 5.81. The second-order valence-corrected chi connectivity index (χ2v) is 5.14. The van der Waals surface area contributed by atoms with Gasteiger partial charge < -0.3 is 15.0 Å². The number of hydrogen-bond donors (Lipinski definition) is 1. The molecule has 0 aliphatic carbocycles. The van der Waals surface area contributed by atoms with Crippen LogP contribution in [0.5, 0.6) is 0 Å². The van der Waals surface area contributed by atoms with Crippen LogP contribution in [0.4, 0.5) is 0 Å². The number of carbonyl (C=O) groups is 1. The zero-order valence-corrected chi connectivity index (χ0v) is 12.1.